The molecule has 3 rings (SSSR count). The van der Waals surface area contributed by atoms with Crippen LogP contribution in [0.5, 0.6) is 0 Å². The number of benzene rings is 2. The van der Waals surface area contributed by atoms with E-state index in [4.69, 9.17) is 16.7 Å². The highest BCUT2D eigenvalue weighted by Gasteiger charge is 2.32. The van der Waals surface area contributed by atoms with E-state index in [0.29, 0.717) is 36.9 Å². The van der Waals surface area contributed by atoms with Gasteiger partial charge in [0.2, 0.25) is 0 Å². The molecule has 0 saturated carbocycles. The Morgan fingerprint density at radius 1 is 1.21 bits per heavy atom. The molecule has 2 N–H and O–H groups in total. The summed E-state index contributed by atoms with van der Waals surface area (Å²) in [5.74, 6) is -1.34. The Hall–Kier alpha value is -2.55. The molecule has 2 aromatic carbocycles. The van der Waals surface area contributed by atoms with Gasteiger partial charge in [-0.1, -0.05) is 43.6 Å². The first kappa shape index (κ1) is 24.5. The number of carbonyl (C=O) groups is 1. The summed E-state index contributed by atoms with van der Waals surface area (Å²) < 4.78 is 14.0. The van der Waals surface area contributed by atoms with Gasteiger partial charge in [0, 0.05) is 31.2 Å². The van der Waals surface area contributed by atoms with Gasteiger partial charge in [-0.3, -0.25) is 9.69 Å². The van der Waals surface area contributed by atoms with Crippen molar-refractivity contribution in [3.05, 3.63) is 63.9 Å². The Labute approximate surface area is 177 Å². The molecule has 0 atom stereocenters. The standard InChI is InChI=1S/C19H20ClFN2O2.C2H6.C2H2/c1-12-6-13(2-4-16(12)20)8-22-18-7-14(3-5-17(18)21)9-23-10-15(11-23)19(24)25;2*1-2/h2-7,15,22H,8-11H2,1H3,(H,24,25);1-2H3;1-2H. The van der Waals surface area contributed by atoms with Crippen molar-refractivity contribution in [3.63, 3.8) is 0 Å². The zero-order chi connectivity index (χ0) is 22.0. The summed E-state index contributed by atoms with van der Waals surface area (Å²) in [4.78, 5) is 12.9. The van der Waals surface area contributed by atoms with Crippen molar-refractivity contribution in [2.75, 3.05) is 18.4 Å². The van der Waals surface area contributed by atoms with Crippen molar-refractivity contribution < 1.29 is 14.3 Å². The quantitative estimate of drug-likeness (QED) is 0.634. The molecule has 2 aromatic rings. The van der Waals surface area contributed by atoms with Crippen LogP contribution in [-0.2, 0) is 17.9 Å². The van der Waals surface area contributed by atoms with E-state index in [-0.39, 0.29) is 11.7 Å². The fourth-order valence-corrected chi connectivity index (χ4v) is 3.05. The van der Waals surface area contributed by atoms with E-state index in [1.807, 2.05) is 43.9 Å². The molecule has 156 valence electrons. The zero-order valence-corrected chi connectivity index (χ0v) is 17.8. The molecule has 0 spiro atoms. The average Bonchev–Trinajstić information content (AvgIpc) is 2.70. The van der Waals surface area contributed by atoms with Crippen LogP contribution in [0.4, 0.5) is 10.1 Å². The fourth-order valence-electron chi connectivity index (χ4n) is 2.93. The Balaban J connectivity index is 0.000000989. The van der Waals surface area contributed by atoms with Gasteiger partial charge in [0.15, 0.2) is 0 Å². The normalized spacial score (nSPS) is 13.2. The number of rotatable bonds is 6. The van der Waals surface area contributed by atoms with Crippen molar-refractivity contribution in [3.8, 4) is 12.8 Å². The zero-order valence-electron chi connectivity index (χ0n) is 17.1. The van der Waals surface area contributed by atoms with Crippen LogP contribution >= 0.6 is 11.6 Å². The smallest absolute Gasteiger partial charge is 0.309 e. The van der Waals surface area contributed by atoms with Gasteiger partial charge in [-0.2, -0.15) is 0 Å². The summed E-state index contributed by atoms with van der Waals surface area (Å²) in [5, 5.41) is 12.8. The lowest BCUT2D eigenvalue weighted by molar-refractivity contribution is -0.147. The van der Waals surface area contributed by atoms with Crippen molar-refractivity contribution in [2.45, 2.75) is 33.9 Å². The molecule has 1 saturated heterocycles. The second-order valence-corrected chi connectivity index (χ2v) is 6.89. The van der Waals surface area contributed by atoms with Gasteiger partial charge in [0.1, 0.15) is 5.82 Å². The molecule has 0 aliphatic carbocycles. The average molecular weight is 419 g/mol. The van der Waals surface area contributed by atoms with Gasteiger partial charge >= 0.3 is 5.97 Å². The third-order valence-corrected chi connectivity index (χ3v) is 4.87. The molecule has 1 fully saturated rings. The molecule has 0 unspecified atom stereocenters. The summed E-state index contributed by atoms with van der Waals surface area (Å²) in [6.45, 7) is 8.14. The minimum Gasteiger partial charge on any atom is -0.481 e. The van der Waals surface area contributed by atoms with Crippen LogP contribution < -0.4 is 5.32 Å². The van der Waals surface area contributed by atoms with Crippen LogP contribution in [0.1, 0.15) is 30.5 Å². The van der Waals surface area contributed by atoms with Crippen LogP contribution in [0.25, 0.3) is 0 Å². The molecule has 1 aliphatic heterocycles. The van der Waals surface area contributed by atoms with E-state index >= 15 is 0 Å². The van der Waals surface area contributed by atoms with Gasteiger partial charge in [0.25, 0.3) is 0 Å². The number of hydrogen-bond acceptors (Lipinski definition) is 3. The third-order valence-electron chi connectivity index (χ3n) is 4.45. The van der Waals surface area contributed by atoms with Crippen molar-refractivity contribution in [1.82, 2.24) is 4.90 Å². The van der Waals surface area contributed by atoms with E-state index in [1.165, 1.54) is 6.07 Å². The predicted molar refractivity (Wildman–Crippen MR) is 118 cm³/mol. The third kappa shape index (κ3) is 7.08. The summed E-state index contributed by atoms with van der Waals surface area (Å²) in [6.07, 6.45) is 8.00. The van der Waals surface area contributed by atoms with Crippen LogP contribution in [0.2, 0.25) is 5.02 Å². The highest BCUT2D eigenvalue weighted by atomic mass is 35.5. The number of anilines is 1. The van der Waals surface area contributed by atoms with E-state index in [1.54, 1.807) is 12.1 Å². The minimum absolute atomic E-state index is 0.286. The Morgan fingerprint density at radius 3 is 2.41 bits per heavy atom. The van der Waals surface area contributed by atoms with Crippen molar-refractivity contribution >= 4 is 23.3 Å². The molecule has 1 heterocycles. The molecule has 4 nitrogen and oxygen atoms in total. The number of nitrogens with zero attached hydrogens (tertiary/aromatic N) is 1. The SMILES string of the molecule is C#C.CC.Cc1cc(CNc2cc(CN3CC(C(=O)O)C3)ccc2F)ccc1Cl. The highest BCUT2D eigenvalue weighted by molar-refractivity contribution is 6.31. The van der Waals surface area contributed by atoms with E-state index < -0.39 is 5.97 Å². The Bertz CT molecular complexity index is 833. The predicted octanol–water partition coefficient (Wildman–Crippen LogP) is 5.19. The second kappa shape index (κ2) is 12.1. The second-order valence-electron chi connectivity index (χ2n) is 6.48. The molecule has 0 aromatic heterocycles. The first-order valence-corrected chi connectivity index (χ1v) is 9.86. The van der Waals surface area contributed by atoms with Gasteiger partial charge < -0.3 is 10.4 Å². The molecule has 1 aliphatic rings. The van der Waals surface area contributed by atoms with Gasteiger partial charge in [-0.15, -0.1) is 12.8 Å². The first-order valence-electron chi connectivity index (χ1n) is 9.48. The Kier molecular flexibility index (Phi) is 10.2. The number of likely N-dealkylation sites (tertiary alicyclic amines) is 1. The number of hydrogen-bond donors (Lipinski definition) is 2. The maximum Gasteiger partial charge on any atom is 0.309 e. The minimum atomic E-state index is -0.754. The summed E-state index contributed by atoms with van der Waals surface area (Å²) in [5.41, 5.74) is 3.42. The molecular formula is C23H28ClFN2O2. The fraction of sp³-hybridized carbons (Fsp3) is 0.348. The molecule has 0 radical (unpaired) electrons. The van der Waals surface area contributed by atoms with E-state index in [0.717, 1.165) is 16.7 Å². The number of nitrogens with one attached hydrogen (secondary N) is 1. The highest BCUT2D eigenvalue weighted by Crippen LogP contribution is 2.23. The number of carboxylic acid groups (broad SMARTS) is 1. The summed E-state index contributed by atoms with van der Waals surface area (Å²) >= 11 is 6.02. The lowest BCUT2D eigenvalue weighted by atomic mass is 9.99. The molecule has 0 amide bonds. The van der Waals surface area contributed by atoms with Crippen molar-refractivity contribution in [1.29, 1.82) is 0 Å². The maximum atomic E-state index is 14.0. The topological polar surface area (TPSA) is 52.6 Å². The number of aliphatic carboxylic acids is 1. The first-order chi connectivity index (χ1) is 13.9. The lowest BCUT2D eigenvalue weighted by Gasteiger charge is -2.36. The molecule has 0 bridgehead atoms. The van der Waals surface area contributed by atoms with E-state index in [9.17, 15) is 9.18 Å². The molecule has 29 heavy (non-hydrogen) atoms. The van der Waals surface area contributed by atoms with Crippen LogP contribution in [0.15, 0.2) is 36.4 Å². The largest absolute Gasteiger partial charge is 0.481 e. The van der Waals surface area contributed by atoms with Gasteiger partial charge in [0.05, 0.1) is 11.6 Å². The monoisotopic (exact) mass is 418 g/mol. The molecule has 6 heteroatoms. The van der Waals surface area contributed by atoms with Crippen molar-refractivity contribution in [2.24, 2.45) is 5.92 Å². The molecular weight excluding hydrogens is 391 g/mol. The van der Waals surface area contributed by atoms with Crippen LogP contribution in [-0.4, -0.2) is 29.1 Å². The van der Waals surface area contributed by atoms with Crippen LogP contribution in [0.3, 0.4) is 0 Å². The number of halogens is 2. The Morgan fingerprint density at radius 2 is 1.83 bits per heavy atom. The number of aryl methyl sites for hydroxylation is 1. The van der Waals surface area contributed by atoms with Crippen LogP contribution in [0, 0.1) is 31.5 Å². The van der Waals surface area contributed by atoms with E-state index in [2.05, 4.69) is 18.2 Å². The summed E-state index contributed by atoms with van der Waals surface area (Å²) in [7, 11) is 0. The lowest BCUT2D eigenvalue weighted by Crippen LogP contribution is -2.49. The summed E-state index contributed by atoms with van der Waals surface area (Å²) in [6, 6.07) is 10.7. The number of carboxylic acids is 1. The number of terminal acetylenes is 1. The van der Waals surface area contributed by atoms with Gasteiger partial charge in [-0.25, -0.2) is 4.39 Å². The van der Waals surface area contributed by atoms with Gasteiger partial charge in [-0.05, 0) is 41.8 Å². The maximum absolute atomic E-state index is 14.0.